The molecule has 1 atom stereocenters. The van der Waals surface area contributed by atoms with E-state index in [1.54, 1.807) is 11.8 Å². The first kappa shape index (κ1) is 18.9. The third-order valence-electron chi connectivity index (χ3n) is 3.54. The van der Waals surface area contributed by atoms with E-state index in [4.69, 9.17) is 28.3 Å². The SMILES string of the molecule is O=C(O)CC1CSCCN1C(=O)CNC(=O)c1ccc(Cl)c(Cl)c1. The maximum atomic E-state index is 12.3. The van der Waals surface area contributed by atoms with Crippen LogP contribution in [0.2, 0.25) is 10.0 Å². The first-order chi connectivity index (χ1) is 11.4. The van der Waals surface area contributed by atoms with E-state index in [-0.39, 0.29) is 29.9 Å². The molecule has 130 valence electrons. The van der Waals surface area contributed by atoms with Gasteiger partial charge in [0.2, 0.25) is 5.91 Å². The molecule has 1 aliphatic heterocycles. The monoisotopic (exact) mass is 390 g/mol. The zero-order valence-corrected chi connectivity index (χ0v) is 15.0. The average molecular weight is 391 g/mol. The van der Waals surface area contributed by atoms with E-state index in [9.17, 15) is 14.4 Å². The Labute approximate surface area is 153 Å². The quantitative estimate of drug-likeness (QED) is 0.803. The molecule has 1 fully saturated rings. The number of amides is 2. The van der Waals surface area contributed by atoms with Gasteiger partial charge in [-0.05, 0) is 18.2 Å². The molecule has 0 aromatic heterocycles. The third kappa shape index (κ3) is 5.03. The minimum Gasteiger partial charge on any atom is -0.481 e. The fourth-order valence-corrected chi connectivity index (χ4v) is 3.71. The summed E-state index contributed by atoms with van der Waals surface area (Å²) >= 11 is 13.3. The minimum atomic E-state index is -0.944. The predicted molar refractivity (Wildman–Crippen MR) is 93.9 cm³/mol. The van der Waals surface area contributed by atoms with Crippen molar-refractivity contribution in [3.05, 3.63) is 33.8 Å². The molecule has 2 rings (SSSR count). The highest BCUT2D eigenvalue weighted by Crippen LogP contribution is 2.22. The Morgan fingerprint density at radius 3 is 2.71 bits per heavy atom. The van der Waals surface area contributed by atoms with E-state index in [2.05, 4.69) is 5.32 Å². The van der Waals surface area contributed by atoms with E-state index in [1.807, 2.05) is 0 Å². The Balaban J connectivity index is 1.94. The molecule has 2 amide bonds. The molecule has 1 aliphatic rings. The molecule has 1 saturated heterocycles. The van der Waals surface area contributed by atoms with Crippen LogP contribution in [0, 0.1) is 0 Å². The van der Waals surface area contributed by atoms with Crippen LogP contribution in [-0.4, -0.2) is 58.4 Å². The number of benzene rings is 1. The lowest BCUT2D eigenvalue weighted by atomic mass is 10.2. The van der Waals surface area contributed by atoms with Gasteiger partial charge < -0.3 is 15.3 Å². The molecule has 24 heavy (non-hydrogen) atoms. The lowest BCUT2D eigenvalue weighted by Crippen LogP contribution is -2.50. The first-order valence-corrected chi connectivity index (χ1v) is 9.12. The molecule has 0 bridgehead atoms. The number of carboxylic acid groups (broad SMARTS) is 1. The summed E-state index contributed by atoms with van der Waals surface area (Å²) in [5.74, 6) is -0.348. The molecule has 9 heteroatoms. The molecule has 0 radical (unpaired) electrons. The zero-order chi connectivity index (χ0) is 17.7. The van der Waals surface area contributed by atoms with Crippen molar-refractivity contribution in [3.8, 4) is 0 Å². The van der Waals surface area contributed by atoms with Gasteiger partial charge in [-0.1, -0.05) is 23.2 Å². The molecule has 0 saturated carbocycles. The van der Waals surface area contributed by atoms with Crippen LogP contribution in [0.4, 0.5) is 0 Å². The number of thioether (sulfide) groups is 1. The van der Waals surface area contributed by atoms with Crippen molar-refractivity contribution in [2.45, 2.75) is 12.5 Å². The average Bonchev–Trinajstić information content (AvgIpc) is 2.54. The molecular weight excluding hydrogens is 375 g/mol. The molecule has 0 spiro atoms. The summed E-state index contributed by atoms with van der Waals surface area (Å²) < 4.78 is 0. The van der Waals surface area contributed by atoms with E-state index in [1.165, 1.54) is 23.1 Å². The normalized spacial score (nSPS) is 17.4. The van der Waals surface area contributed by atoms with Gasteiger partial charge in [-0.25, -0.2) is 0 Å². The number of carboxylic acids is 1. The Morgan fingerprint density at radius 1 is 1.29 bits per heavy atom. The Morgan fingerprint density at radius 2 is 2.04 bits per heavy atom. The highest BCUT2D eigenvalue weighted by atomic mass is 35.5. The minimum absolute atomic E-state index is 0.0977. The van der Waals surface area contributed by atoms with Crippen LogP contribution in [0.5, 0.6) is 0 Å². The van der Waals surface area contributed by atoms with Crippen LogP contribution in [0.25, 0.3) is 0 Å². The summed E-state index contributed by atoms with van der Waals surface area (Å²) in [5.41, 5.74) is 0.300. The van der Waals surface area contributed by atoms with Crippen LogP contribution in [-0.2, 0) is 9.59 Å². The maximum absolute atomic E-state index is 12.3. The Bertz CT molecular complexity index is 656. The number of carbonyl (C=O) groups excluding carboxylic acids is 2. The molecule has 1 aromatic carbocycles. The number of hydrogen-bond donors (Lipinski definition) is 2. The molecule has 0 aliphatic carbocycles. The van der Waals surface area contributed by atoms with E-state index >= 15 is 0 Å². The van der Waals surface area contributed by atoms with Gasteiger partial charge in [-0.2, -0.15) is 11.8 Å². The number of hydrogen-bond acceptors (Lipinski definition) is 4. The van der Waals surface area contributed by atoms with Crippen molar-refractivity contribution >= 4 is 52.7 Å². The van der Waals surface area contributed by atoms with Crippen molar-refractivity contribution in [3.63, 3.8) is 0 Å². The largest absolute Gasteiger partial charge is 0.481 e. The van der Waals surface area contributed by atoms with Gasteiger partial charge in [-0.3, -0.25) is 14.4 Å². The van der Waals surface area contributed by atoms with Crippen molar-refractivity contribution < 1.29 is 19.5 Å². The van der Waals surface area contributed by atoms with Gasteiger partial charge >= 0.3 is 5.97 Å². The van der Waals surface area contributed by atoms with Gasteiger partial charge in [0, 0.05) is 23.6 Å². The highest BCUT2D eigenvalue weighted by Gasteiger charge is 2.28. The van der Waals surface area contributed by atoms with Gasteiger partial charge in [0.05, 0.1) is 29.1 Å². The molecular formula is C15H16Cl2N2O4S. The van der Waals surface area contributed by atoms with Gasteiger partial charge in [0.15, 0.2) is 0 Å². The maximum Gasteiger partial charge on any atom is 0.305 e. The lowest BCUT2D eigenvalue weighted by molar-refractivity contribution is -0.140. The van der Waals surface area contributed by atoms with E-state index in [0.29, 0.717) is 22.9 Å². The van der Waals surface area contributed by atoms with Crippen LogP contribution in [0.1, 0.15) is 16.8 Å². The number of rotatable bonds is 5. The molecule has 6 nitrogen and oxygen atoms in total. The number of nitrogens with zero attached hydrogens (tertiary/aromatic N) is 1. The van der Waals surface area contributed by atoms with Gasteiger partial charge in [-0.15, -0.1) is 0 Å². The Kier molecular flexibility index (Phi) is 6.77. The predicted octanol–water partition coefficient (Wildman–Crippen LogP) is 2.14. The summed E-state index contributed by atoms with van der Waals surface area (Å²) in [4.78, 5) is 36.8. The molecule has 1 aromatic rings. The number of carbonyl (C=O) groups is 3. The molecule has 2 N–H and O–H groups in total. The van der Waals surface area contributed by atoms with Gasteiger partial charge in [0.1, 0.15) is 0 Å². The molecule has 1 heterocycles. The number of halogens is 2. The van der Waals surface area contributed by atoms with Crippen molar-refractivity contribution in [2.24, 2.45) is 0 Å². The van der Waals surface area contributed by atoms with Crippen LogP contribution in [0.15, 0.2) is 18.2 Å². The fraction of sp³-hybridized carbons (Fsp3) is 0.400. The highest BCUT2D eigenvalue weighted by molar-refractivity contribution is 7.99. The summed E-state index contributed by atoms with van der Waals surface area (Å²) in [5, 5.41) is 12.1. The van der Waals surface area contributed by atoms with Crippen LogP contribution >= 0.6 is 35.0 Å². The Hall–Kier alpha value is -1.44. The summed E-state index contributed by atoms with van der Waals surface area (Å²) in [6, 6.07) is 4.09. The van der Waals surface area contributed by atoms with Crippen LogP contribution < -0.4 is 5.32 Å². The number of aliphatic carboxylic acids is 1. The number of nitrogens with one attached hydrogen (secondary N) is 1. The van der Waals surface area contributed by atoms with Gasteiger partial charge in [0.25, 0.3) is 5.91 Å². The second-order valence-corrected chi connectivity index (χ2v) is 7.19. The van der Waals surface area contributed by atoms with Crippen molar-refractivity contribution in [1.29, 1.82) is 0 Å². The lowest BCUT2D eigenvalue weighted by Gasteiger charge is -2.34. The molecule has 1 unspecified atom stereocenters. The topological polar surface area (TPSA) is 86.7 Å². The summed E-state index contributed by atoms with van der Waals surface area (Å²) in [6.45, 7) is 0.282. The van der Waals surface area contributed by atoms with E-state index in [0.717, 1.165) is 5.75 Å². The van der Waals surface area contributed by atoms with E-state index < -0.39 is 11.9 Å². The second kappa shape index (κ2) is 8.60. The summed E-state index contributed by atoms with van der Waals surface area (Å²) in [6.07, 6.45) is -0.0977. The van der Waals surface area contributed by atoms with Crippen molar-refractivity contribution in [2.75, 3.05) is 24.6 Å². The summed E-state index contributed by atoms with van der Waals surface area (Å²) in [7, 11) is 0. The standard InChI is InChI=1S/C15H16Cl2N2O4S/c16-11-2-1-9(5-12(11)17)15(23)18-7-13(20)19-3-4-24-8-10(19)6-14(21)22/h1-2,5,10H,3-4,6-8H2,(H,18,23)(H,21,22). The fourth-order valence-electron chi connectivity index (χ4n) is 2.35. The second-order valence-electron chi connectivity index (χ2n) is 5.23. The third-order valence-corrected chi connectivity index (χ3v) is 5.37. The van der Waals surface area contributed by atoms with Crippen molar-refractivity contribution in [1.82, 2.24) is 10.2 Å². The van der Waals surface area contributed by atoms with Crippen LogP contribution in [0.3, 0.4) is 0 Å². The first-order valence-electron chi connectivity index (χ1n) is 7.20. The smallest absolute Gasteiger partial charge is 0.305 e. The zero-order valence-electron chi connectivity index (χ0n) is 12.6.